The second-order valence-electron chi connectivity index (χ2n) is 11.8. The van der Waals surface area contributed by atoms with E-state index in [0.29, 0.717) is 5.69 Å². The first-order valence-electron chi connectivity index (χ1n) is 14.7. The highest BCUT2D eigenvalue weighted by Gasteiger charge is 2.26. The Morgan fingerprint density at radius 2 is 1.42 bits per heavy atom. The van der Waals surface area contributed by atoms with Gasteiger partial charge in [0.25, 0.3) is 0 Å². The van der Waals surface area contributed by atoms with E-state index in [1.807, 2.05) is 36.5 Å². The Morgan fingerprint density at radius 3 is 2.23 bits per heavy atom. The summed E-state index contributed by atoms with van der Waals surface area (Å²) in [7, 11) is 0. The fraction of sp³-hybridized carbons (Fsp3) is 0.128. The van der Waals surface area contributed by atoms with Gasteiger partial charge in [0.05, 0.1) is 22.6 Å². The summed E-state index contributed by atoms with van der Waals surface area (Å²) in [5.74, 6) is 0.219. The summed E-state index contributed by atoms with van der Waals surface area (Å²) in [5.41, 5.74) is 11.3. The third-order valence-corrected chi connectivity index (χ3v) is 8.69. The number of aryl methyl sites for hydroxylation is 2. The molecule has 0 radical (unpaired) electrons. The van der Waals surface area contributed by atoms with Gasteiger partial charge in [-0.25, -0.2) is 4.98 Å². The van der Waals surface area contributed by atoms with Crippen LogP contribution in [0.3, 0.4) is 0 Å². The van der Waals surface area contributed by atoms with Gasteiger partial charge in [-0.05, 0) is 90.2 Å². The lowest BCUT2D eigenvalue weighted by atomic mass is 9.79. The van der Waals surface area contributed by atoms with Crippen LogP contribution in [0.25, 0.3) is 50.0 Å². The van der Waals surface area contributed by atoms with Crippen molar-refractivity contribution in [1.29, 1.82) is 0 Å². The lowest BCUT2D eigenvalue weighted by Gasteiger charge is -2.26. The van der Waals surface area contributed by atoms with Crippen LogP contribution in [0.4, 0.5) is 0 Å². The fourth-order valence-corrected chi connectivity index (χ4v) is 6.31. The molecule has 4 heteroatoms. The van der Waals surface area contributed by atoms with Crippen LogP contribution in [0.15, 0.2) is 121 Å². The first kappa shape index (κ1) is 26.7. The largest absolute Gasteiger partial charge is 0.506 e. The number of aromatic hydroxyl groups is 1. The predicted molar refractivity (Wildman–Crippen MR) is 177 cm³/mol. The summed E-state index contributed by atoms with van der Waals surface area (Å²) in [5, 5.41) is 12.9. The second kappa shape index (κ2) is 10.2. The van der Waals surface area contributed by atoms with Gasteiger partial charge in [-0.15, -0.1) is 0 Å². The topological polar surface area (TPSA) is 50.9 Å². The normalized spacial score (nSPS) is 11.8. The number of pyridine rings is 2. The SMILES string of the molecule is Cc1cccc(C)c1-c1ccnc(C(C)(C)c2cccc(-c3ccc4c5ccccc5n(-c5ccccc5O)c4n3)c2)c1. The molecular formula is C39H33N3O. The van der Waals surface area contributed by atoms with E-state index in [4.69, 9.17) is 9.97 Å². The minimum atomic E-state index is -0.336. The van der Waals surface area contributed by atoms with Crippen molar-refractivity contribution in [2.24, 2.45) is 0 Å². The number of para-hydroxylation sites is 3. The Hall–Kier alpha value is -5.22. The molecule has 43 heavy (non-hydrogen) atoms. The summed E-state index contributed by atoms with van der Waals surface area (Å²) in [4.78, 5) is 10.1. The van der Waals surface area contributed by atoms with E-state index in [9.17, 15) is 5.11 Å². The predicted octanol–water partition coefficient (Wildman–Crippen LogP) is 9.56. The van der Waals surface area contributed by atoms with Crippen molar-refractivity contribution in [2.45, 2.75) is 33.1 Å². The van der Waals surface area contributed by atoms with Gasteiger partial charge in [0.15, 0.2) is 0 Å². The molecular weight excluding hydrogens is 526 g/mol. The lowest BCUT2D eigenvalue weighted by Crippen LogP contribution is -2.20. The maximum absolute atomic E-state index is 10.8. The molecule has 0 aliphatic heterocycles. The van der Waals surface area contributed by atoms with Crippen LogP contribution in [-0.2, 0) is 5.41 Å². The zero-order valence-electron chi connectivity index (χ0n) is 24.8. The summed E-state index contributed by atoms with van der Waals surface area (Å²) in [6.45, 7) is 8.80. The highest BCUT2D eigenvalue weighted by atomic mass is 16.3. The molecule has 0 atom stereocenters. The van der Waals surface area contributed by atoms with Gasteiger partial charge in [0, 0.05) is 27.9 Å². The molecule has 210 valence electrons. The molecule has 0 unspecified atom stereocenters. The van der Waals surface area contributed by atoms with Crippen LogP contribution in [-0.4, -0.2) is 19.6 Å². The molecule has 4 nitrogen and oxygen atoms in total. The summed E-state index contributed by atoms with van der Waals surface area (Å²) < 4.78 is 2.06. The van der Waals surface area contributed by atoms with Crippen LogP contribution >= 0.6 is 0 Å². The van der Waals surface area contributed by atoms with Gasteiger partial charge < -0.3 is 5.11 Å². The molecule has 3 heterocycles. The Kier molecular flexibility index (Phi) is 6.36. The molecule has 0 spiro atoms. The lowest BCUT2D eigenvalue weighted by molar-refractivity contribution is 0.473. The molecule has 0 aliphatic rings. The molecule has 7 aromatic rings. The highest BCUT2D eigenvalue weighted by Crippen LogP contribution is 2.38. The summed E-state index contributed by atoms with van der Waals surface area (Å²) in [6, 6.07) is 39.3. The average molecular weight is 560 g/mol. The van der Waals surface area contributed by atoms with E-state index in [0.717, 1.165) is 38.9 Å². The smallest absolute Gasteiger partial charge is 0.146 e. The molecule has 7 rings (SSSR count). The monoisotopic (exact) mass is 559 g/mol. The molecule has 0 fully saturated rings. The van der Waals surface area contributed by atoms with Crippen LogP contribution in [0.5, 0.6) is 5.75 Å². The Balaban J connectivity index is 1.34. The van der Waals surface area contributed by atoms with Crippen molar-refractivity contribution in [3.05, 3.63) is 144 Å². The summed E-state index contributed by atoms with van der Waals surface area (Å²) in [6.07, 6.45) is 1.93. The number of rotatable bonds is 5. The first-order chi connectivity index (χ1) is 20.8. The van der Waals surface area contributed by atoms with E-state index in [-0.39, 0.29) is 11.2 Å². The number of hydrogen-bond donors (Lipinski definition) is 1. The van der Waals surface area contributed by atoms with Gasteiger partial charge in [-0.1, -0.05) is 80.6 Å². The molecule has 0 amide bonds. The highest BCUT2D eigenvalue weighted by molar-refractivity contribution is 6.08. The van der Waals surface area contributed by atoms with E-state index in [1.54, 1.807) is 6.07 Å². The number of aromatic nitrogens is 3. The molecule has 0 aliphatic carbocycles. The van der Waals surface area contributed by atoms with Crippen molar-refractivity contribution in [1.82, 2.24) is 14.5 Å². The minimum Gasteiger partial charge on any atom is -0.506 e. The molecule has 0 saturated heterocycles. The van der Waals surface area contributed by atoms with Crippen molar-refractivity contribution >= 4 is 21.9 Å². The maximum atomic E-state index is 10.8. The molecule has 1 N–H and O–H groups in total. The molecule has 3 aromatic heterocycles. The third-order valence-electron chi connectivity index (χ3n) is 8.69. The van der Waals surface area contributed by atoms with Gasteiger partial charge in [0.1, 0.15) is 11.4 Å². The Morgan fingerprint density at radius 1 is 0.674 bits per heavy atom. The van der Waals surface area contributed by atoms with Gasteiger partial charge >= 0.3 is 0 Å². The van der Waals surface area contributed by atoms with Gasteiger partial charge in [-0.3, -0.25) is 9.55 Å². The minimum absolute atomic E-state index is 0.219. The van der Waals surface area contributed by atoms with E-state index in [1.165, 1.54) is 27.8 Å². The first-order valence-corrected chi connectivity index (χ1v) is 14.7. The summed E-state index contributed by atoms with van der Waals surface area (Å²) >= 11 is 0. The van der Waals surface area contributed by atoms with Crippen LogP contribution in [0, 0.1) is 13.8 Å². The number of fused-ring (bicyclic) bond motifs is 3. The van der Waals surface area contributed by atoms with Gasteiger partial charge in [-0.2, -0.15) is 0 Å². The Labute approximate surface area is 252 Å². The van der Waals surface area contributed by atoms with Gasteiger partial charge in [0.2, 0.25) is 0 Å². The van der Waals surface area contributed by atoms with Crippen molar-refractivity contribution < 1.29 is 5.11 Å². The number of benzene rings is 4. The van der Waals surface area contributed by atoms with E-state index < -0.39 is 0 Å². The number of nitrogens with zero attached hydrogens (tertiary/aromatic N) is 3. The van der Waals surface area contributed by atoms with E-state index >= 15 is 0 Å². The second-order valence-corrected chi connectivity index (χ2v) is 11.8. The van der Waals surface area contributed by atoms with Crippen LogP contribution in [0.2, 0.25) is 0 Å². The van der Waals surface area contributed by atoms with Crippen LogP contribution in [0.1, 0.15) is 36.2 Å². The van der Waals surface area contributed by atoms with E-state index in [2.05, 4.69) is 111 Å². The molecule has 4 aromatic carbocycles. The molecule has 0 saturated carbocycles. The molecule has 0 bridgehead atoms. The van der Waals surface area contributed by atoms with Crippen LogP contribution < -0.4 is 0 Å². The van der Waals surface area contributed by atoms with Crippen molar-refractivity contribution in [3.63, 3.8) is 0 Å². The quantitative estimate of drug-likeness (QED) is 0.228. The third kappa shape index (κ3) is 4.47. The maximum Gasteiger partial charge on any atom is 0.146 e. The fourth-order valence-electron chi connectivity index (χ4n) is 6.31. The van der Waals surface area contributed by atoms with Crippen molar-refractivity contribution in [3.8, 4) is 33.8 Å². The zero-order chi connectivity index (χ0) is 29.7. The zero-order valence-corrected chi connectivity index (χ0v) is 24.8. The van der Waals surface area contributed by atoms with Crippen molar-refractivity contribution in [2.75, 3.05) is 0 Å². The average Bonchev–Trinajstić information content (AvgIpc) is 3.35. The standard InChI is InChI=1S/C39H33N3O/c1-25-11-9-12-26(2)37(25)28-21-22-40-36(24-28)39(3,4)29-14-10-13-27(23-29)32-20-19-31-30-15-5-6-16-33(30)42(38(31)41-32)34-17-7-8-18-35(34)43/h5-24,43H,1-4H3. The number of hydrogen-bond acceptors (Lipinski definition) is 3. The number of phenolic OH excluding ortho intramolecular Hbond substituents is 1. The Bertz CT molecular complexity index is 2130. The number of phenols is 1.